The van der Waals surface area contributed by atoms with Crippen molar-refractivity contribution < 1.29 is 14.3 Å². The lowest BCUT2D eigenvalue weighted by Gasteiger charge is -2.55. The Balaban J connectivity index is 1.93. The summed E-state index contributed by atoms with van der Waals surface area (Å²) in [6.07, 6.45) is 3.24. The van der Waals surface area contributed by atoms with Crippen LogP contribution in [0, 0.1) is 5.41 Å². The third kappa shape index (κ3) is 2.64. The van der Waals surface area contributed by atoms with Gasteiger partial charge in [-0.1, -0.05) is 13.8 Å². The van der Waals surface area contributed by atoms with Crippen LogP contribution in [-0.4, -0.2) is 51.0 Å². The second-order valence-corrected chi connectivity index (χ2v) is 5.54. The standard InChI is InChI=1S/C14H26N2O3/c1-4-14(5-2)11(8-12(14)18-3)16-13(17)10-9-19-7-6-15-10/h10-12,15H,4-9H2,1-3H3,(H,16,17)/t10-,11+,12+/m0/s1. The second kappa shape index (κ2) is 6.20. The van der Waals surface area contributed by atoms with E-state index in [-0.39, 0.29) is 29.5 Å². The van der Waals surface area contributed by atoms with Crippen LogP contribution in [0.2, 0.25) is 0 Å². The van der Waals surface area contributed by atoms with Crippen LogP contribution in [0.25, 0.3) is 0 Å². The zero-order valence-corrected chi connectivity index (χ0v) is 12.2. The minimum Gasteiger partial charge on any atom is -0.381 e. The molecule has 0 aromatic rings. The number of ether oxygens (including phenoxy) is 2. The molecule has 0 unspecified atom stereocenters. The van der Waals surface area contributed by atoms with Gasteiger partial charge in [-0.15, -0.1) is 0 Å². The maximum absolute atomic E-state index is 12.2. The van der Waals surface area contributed by atoms with Gasteiger partial charge < -0.3 is 20.1 Å². The van der Waals surface area contributed by atoms with E-state index in [1.807, 2.05) is 0 Å². The highest BCUT2D eigenvalue weighted by Gasteiger charge is 2.53. The zero-order chi connectivity index (χ0) is 13.9. The highest BCUT2D eigenvalue weighted by atomic mass is 16.5. The van der Waals surface area contributed by atoms with Crippen LogP contribution >= 0.6 is 0 Å². The summed E-state index contributed by atoms with van der Waals surface area (Å²) in [5.74, 6) is 0.0607. The molecule has 1 saturated heterocycles. The predicted octanol–water partition coefficient (Wildman–Crippen LogP) is 0.685. The monoisotopic (exact) mass is 270 g/mol. The molecule has 19 heavy (non-hydrogen) atoms. The molecule has 1 aliphatic carbocycles. The fourth-order valence-corrected chi connectivity index (χ4v) is 3.49. The first-order valence-electron chi connectivity index (χ1n) is 7.32. The summed E-state index contributed by atoms with van der Waals surface area (Å²) in [4.78, 5) is 12.2. The highest BCUT2D eigenvalue weighted by molar-refractivity contribution is 5.82. The molecule has 1 aliphatic heterocycles. The zero-order valence-electron chi connectivity index (χ0n) is 12.2. The summed E-state index contributed by atoms with van der Waals surface area (Å²) < 4.78 is 10.9. The topological polar surface area (TPSA) is 59.6 Å². The van der Waals surface area contributed by atoms with Gasteiger partial charge in [-0.3, -0.25) is 4.79 Å². The van der Waals surface area contributed by atoms with Gasteiger partial charge in [0.1, 0.15) is 6.04 Å². The van der Waals surface area contributed by atoms with Crippen molar-refractivity contribution in [2.45, 2.75) is 51.3 Å². The van der Waals surface area contributed by atoms with Crippen molar-refractivity contribution in [1.82, 2.24) is 10.6 Å². The number of carbonyl (C=O) groups is 1. The Morgan fingerprint density at radius 2 is 2.21 bits per heavy atom. The van der Waals surface area contributed by atoms with Crippen LogP contribution in [0.4, 0.5) is 0 Å². The summed E-state index contributed by atoms with van der Waals surface area (Å²) in [6.45, 7) is 6.26. The van der Waals surface area contributed by atoms with Crippen molar-refractivity contribution >= 4 is 5.91 Å². The Hall–Kier alpha value is -0.650. The van der Waals surface area contributed by atoms with Gasteiger partial charge in [0.15, 0.2) is 0 Å². The minimum absolute atomic E-state index is 0.0607. The molecular weight excluding hydrogens is 244 g/mol. The summed E-state index contributed by atoms with van der Waals surface area (Å²) in [6, 6.07) is 0.0189. The Kier molecular flexibility index (Phi) is 4.81. The highest BCUT2D eigenvalue weighted by Crippen LogP contribution is 2.48. The fraction of sp³-hybridized carbons (Fsp3) is 0.929. The van der Waals surface area contributed by atoms with Crippen LogP contribution in [-0.2, 0) is 14.3 Å². The lowest BCUT2D eigenvalue weighted by atomic mass is 9.58. The van der Waals surface area contributed by atoms with Gasteiger partial charge in [0, 0.05) is 25.1 Å². The Bertz CT molecular complexity index is 312. The number of nitrogens with one attached hydrogen (secondary N) is 2. The van der Waals surface area contributed by atoms with Gasteiger partial charge in [-0.2, -0.15) is 0 Å². The quantitative estimate of drug-likeness (QED) is 0.771. The van der Waals surface area contributed by atoms with E-state index in [4.69, 9.17) is 9.47 Å². The van der Waals surface area contributed by atoms with E-state index in [1.54, 1.807) is 7.11 Å². The van der Waals surface area contributed by atoms with Crippen molar-refractivity contribution in [3.63, 3.8) is 0 Å². The van der Waals surface area contributed by atoms with E-state index in [9.17, 15) is 4.79 Å². The van der Waals surface area contributed by atoms with Crippen LogP contribution in [0.3, 0.4) is 0 Å². The van der Waals surface area contributed by atoms with Gasteiger partial charge in [0.25, 0.3) is 0 Å². The molecule has 0 aromatic heterocycles. The maximum atomic E-state index is 12.2. The van der Waals surface area contributed by atoms with Gasteiger partial charge in [0.05, 0.1) is 19.3 Å². The number of rotatable bonds is 5. The molecule has 1 heterocycles. The summed E-state index contributed by atoms with van der Waals surface area (Å²) in [5.41, 5.74) is 0.0972. The largest absolute Gasteiger partial charge is 0.381 e. The molecule has 110 valence electrons. The Labute approximate surface area is 115 Å². The lowest BCUT2D eigenvalue weighted by molar-refractivity contribution is -0.144. The van der Waals surface area contributed by atoms with E-state index in [0.29, 0.717) is 13.2 Å². The van der Waals surface area contributed by atoms with Crippen LogP contribution in [0.5, 0.6) is 0 Å². The predicted molar refractivity (Wildman–Crippen MR) is 73.0 cm³/mol. The van der Waals surface area contributed by atoms with Crippen LogP contribution < -0.4 is 10.6 Å². The number of methoxy groups -OCH3 is 1. The first-order chi connectivity index (χ1) is 9.17. The molecule has 2 N–H and O–H groups in total. The molecule has 5 heteroatoms. The molecule has 1 saturated carbocycles. The molecule has 0 spiro atoms. The van der Waals surface area contributed by atoms with E-state index in [0.717, 1.165) is 25.8 Å². The molecule has 2 aliphatic rings. The summed E-state index contributed by atoms with van der Waals surface area (Å²) in [7, 11) is 1.76. The molecule has 2 fully saturated rings. The molecule has 0 bridgehead atoms. The smallest absolute Gasteiger partial charge is 0.239 e. The van der Waals surface area contributed by atoms with E-state index in [1.165, 1.54) is 0 Å². The van der Waals surface area contributed by atoms with Gasteiger partial charge in [0.2, 0.25) is 5.91 Å². The Morgan fingerprint density at radius 3 is 2.74 bits per heavy atom. The number of morpholine rings is 1. The molecule has 0 aromatic carbocycles. The minimum atomic E-state index is -0.207. The third-order valence-electron chi connectivity index (χ3n) is 4.94. The summed E-state index contributed by atoms with van der Waals surface area (Å²) in [5, 5.41) is 6.37. The van der Waals surface area contributed by atoms with Crippen molar-refractivity contribution in [3.8, 4) is 0 Å². The van der Waals surface area contributed by atoms with Crippen LogP contribution in [0.15, 0.2) is 0 Å². The van der Waals surface area contributed by atoms with Gasteiger partial charge in [-0.25, -0.2) is 0 Å². The molecule has 1 amide bonds. The Morgan fingerprint density at radius 1 is 1.47 bits per heavy atom. The van der Waals surface area contributed by atoms with Crippen molar-refractivity contribution in [3.05, 3.63) is 0 Å². The van der Waals surface area contributed by atoms with E-state index < -0.39 is 0 Å². The number of carbonyl (C=O) groups excluding carboxylic acids is 1. The first-order valence-corrected chi connectivity index (χ1v) is 7.32. The first kappa shape index (κ1) is 14.8. The number of hydrogen-bond acceptors (Lipinski definition) is 4. The molecule has 5 nitrogen and oxygen atoms in total. The van der Waals surface area contributed by atoms with Crippen molar-refractivity contribution in [1.29, 1.82) is 0 Å². The molecule has 0 radical (unpaired) electrons. The second-order valence-electron chi connectivity index (χ2n) is 5.54. The average Bonchev–Trinajstić information content (AvgIpc) is 2.45. The van der Waals surface area contributed by atoms with Gasteiger partial charge in [-0.05, 0) is 19.3 Å². The summed E-state index contributed by atoms with van der Waals surface area (Å²) >= 11 is 0. The molecular formula is C14H26N2O3. The number of amides is 1. The van der Waals surface area contributed by atoms with Crippen LogP contribution in [0.1, 0.15) is 33.1 Å². The van der Waals surface area contributed by atoms with Gasteiger partial charge >= 0.3 is 0 Å². The van der Waals surface area contributed by atoms with E-state index in [2.05, 4.69) is 24.5 Å². The molecule has 2 rings (SSSR count). The SMILES string of the molecule is CCC1(CC)[C@H](NC(=O)[C@@H]2COCCN2)C[C@H]1OC. The fourth-order valence-electron chi connectivity index (χ4n) is 3.49. The maximum Gasteiger partial charge on any atom is 0.239 e. The van der Waals surface area contributed by atoms with Crippen molar-refractivity contribution in [2.24, 2.45) is 5.41 Å². The molecule has 3 atom stereocenters. The lowest BCUT2D eigenvalue weighted by Crippen LogP contribution is -2.66. The van der Waals surface area contributed by atoms with Crippen molar-refractivity contribution in [2.75, 3.05) is 26.9 Å². The average molecular weight is 270 g/mol. The van der Waals surface area contributed by atoms with E-state index >= 15 is 0 Å². The number of hydrogen-bond donors (Lipinski definition) is 2. The third-order valence-corrected chi connectivity index (χ3v) is 4.94. The normalized spacial score (nSPS) is 33.5.